The van der Waals surface area contributed by atoms with Crippen LogP contribution in [0.5, 0.6) is 0 Å². The summed E-state index contributed by atoms with van der Waals surface area (Å²) >= 11 is 0. The lowest BCUT2D eigenvalue weighted by molar-refractivity contribution is 1.62. The van der Waals surface area contributed by atoms with Crippen LogP contribution in [0.2, 0.25) is 0 Å². The summed E-state index contributed by atoms with van der Waals surface area (Å²) in [5.74, 6) is 0. The van der Waals surface area contributed by atoms with Crippen molar-refractivity contribution in [2.75, 3.05) is 0 Å². The third-order valence-corrected chi connectivity index (χ3v) is 16.1. The van der Waals surface area contributed by atoms with E-state index in [9.17, 15) is 0 Å². The summed E-state index contributed by atoms with van der Waals surface area (Å²) < 4.78 is 0. The van der Waals surface area contributed by atoms with Crippen LogP contribution in [0.3, 0.4) is 0 Å². The zero-order valence-electron chi connectivity index (χ0n) is 35.6. The lowest BCUT2D eigenvalue weighted by Gasteiger charge is -2.20. The van der Waals surface area contributed by atoms with Gasteiger partial charge in [-0.25, -0.2) is 0 Å². The van der Waals surface area contributed by atoms with Crippen LogP contribution in [0.25, 0.3) is 125 Å². The molecule has 0 radical (unpaired) electrons. The molecule has 0 bridgehead atoms. The lowest BCUT2D eigenvalue weighted by Crippen LogP contribution is -1.93. The fourth-order valence-corrected chi connectivity index (χ4v) is 13.4. The van der Waals surface area contributed by atoms with E-state index < -0.39 is 7.53 Å². The van der Waals surface area contributed by atoms with E-state index in [0.29, 0.717) is 0 Å². The maximum absolute atomic E-state index is 2.47. The molecule has 0 spiro atoms. The fraction of sp³-hybridized carbons (Fsp3) is 0. The van der Waals surface area contributed by atoms with E-state index in [1.807, 2.05) is 0 Å². The normalized spacial score (nSPS) is 12.0. The van der Waals surface area contributed by atoms with Crippen LogP contribution in [0.4, 0.5) is 0 Å². The highest BCUT2D eigenvalue weighted by Crippen LogP contribution is 2.56. The number of benzene rings is 12. The SMILES string of the molecule is c1ccc(-c2ccc3c(-c4ccc(-c5c6ccccc6c(-c6ccc7c(c6)c6ccccc6p7-c6ccccc6)c6ccccc56)cc4)c4ccccc4c(-c4ccccc4)c3c2)cc1. The Bertz CT molecular complexity index is 3900. The van der Waals surface area contributed by atoms with E-state index in [0.717, 1.165) is 0 Å². The maximum Gasteiger partial charge on any atom is 0.00687 e. The van der Waals surface area contributed by atoms with E-state index in [1.54, 1.807) is 0 Å². The Kier molecular flexibility index (Phi) is 8.86. The average molecular weight is 841 g/mol. The summed E-state index contributed by atoms with van der Waals surface area (Å²) in [4.78, 5) is 0. The van der Waals surface area contributed by atoms with Gasteiger partial charge in [-0.1, -0.05) is 238 Å². The van der Waals surface area contributed by atoms with Crippen molar-refractivity contribution in [1.82, 2.24) is 0 Å². The molecule has 1 atom stereocenters. The quantitative estimate of drug-likeness (QED) is 0.146. The van der Waals surface area contributed by atoms with Crippen molar-refractivity contribution in [3.05, 3.63) is 249 Å². The van der Waals surface area contributed by atoms with Crippen LogP contribution in [0, 0.1) is 0 Å². The first-order valence-corrected chi connectivity index (χ1v) is 23.9. The molecule has 1 unspecified atom stereocenters. The second-order valence-corrected chi connectivity index (χ2v) is 19.3. The minimum absolute atomic E-state index is 0.622. The van der Waals surface area contributed by atoms with Gasteiger partial charge in [-0.3, -0.25) is 0 Å². The average Bonchev–Trinajstić information content (AvgIpc) is 3.71. The predicted molar refractivity (Wildman–Crippen MR) is 283 cm³/mol. The fourth-order valence-electron chi connectivity index (χ4n) is 10.8. The Labute approximate surface area is 379 Å². The van der Waals surface area contributed by atoms with Crippen molar-refractivity contribution < 1.29 is 0 Å². The Morgan fingerprint density at radius 2 is 0.523 bits per heavy atom. The van der Waals surface area contributed by atoms with E-state index in [4.69, 9.17) is 0 Å². The van der Waals surface area contributed by atoms with E-state index in [1.165, 1.54) is 125 Å². The highest BCUT2D eigenvalue weighted by Gasteiger charge is 2.21. The molecule has 13 rings (SSSR count). The zero-order valence-corrected chi connectivity index (χ0v) is 36.5. The molecule has 13 aromatic rings. The maximum atomic E-state index is 2.47. The molecule has 1 aromatic heterocycles. The molecule has 1 heterocycles. The Hall–Kier alpha value is -8.02. The van der Waals surface area contributed by atoms with Gasteiger partial charge in [0.05, 0.1) is 0 Å². The molecule has 0 fully saturated rings. The number of rotatable bonds is 6. The van der Waals surface area contributed by atoms with Crippen molar-refractivity contribution in [2.45, 2.75) is 0 Å². The number of fused-ring (bicyclic) bond motifs is 7. The summed E-state index contributed by atoms with van der Waals surface area (Å²) in [5, 5.41) is 17.1. The minimum atomic E-state index is -0.622. The van der Waals surface area contributed by atoms with Crippen LogP contribution in [0.15, 0.2) is 249 Å². The summed E-state index contributed by atoms with van der Waals surface area (Å²) in [5.41, 5.74) is 12.4. The monoisotopic (exact) mass is 840 g/mol. The van der Waals surface area contributed by atoms with Gasteiger partial charge < -0.3 is 0 Å². The molecule has 12 aromatic carbocycles. The summed E-state index contributed by atoms with van der Waals surface area (Å²) in [7, 11) is -0.622. The van der Waals surface area contributed by atoms with Gasteiger partial charge in [0.1, 0.15) is 0 Å². The minimum Gasteiger partial charge on any atom is -0.0772 e. The Morgan fingerprint density at radius 1 is 0.185 bits per heavy atom. The van der Waals surface area contributed by atoms with Gasteiger partial charge in [-0.05, 0) is 133 Å². The molecule has 0 aliphatic heterocycles. The second kappa shape index (κ2) is 15.4. The first-order valence-electron chi connectivity index (χ1n) is 22.5. The van der Waals surface area contributed by atoms with Crippen LogP contribution in [-0.4, -0.2) is 0 Å². The van der Waals surface area contributed by atoms with Crippen molar-refractivity contribution >= 4 is 71.6 Å². The zero-order chi connectivity index (χ0) is 42.8. The molecule has 0 aliphatic carbocycles. The molecule has 0 aliphatic rings. The Morgan fingerprint density at radius 3 is 1.06 bits per heavy atom. The molecule has 0 saturated carbocycles. The number of hydrogen-bond donors (Lipinski definition) is 0. The third kappa shape index (κ3) is 6.07. The van der Waals surface area contributed by atoms with Gasteiger partial charge >= 0.3 is 0 Å². The van der Waals surface area contributed by atoms with Crippen molar-refractivity contribution in [1.29, 1.82) is 0 Å². The van der Waals surface area contributed by atoms with E-state index in [-0.39, 0.29) is 0 Å². The molecular formula is C64H41P. The summed E-state index contributed by atoms with van der Waals surface area (Å²) in [6.07, 6.45) is 0. The molecule has 0 amide bonds. The highest BCUT2D eigenvalue weighted by atomic mass is 31.1. The van der Waals surface area contributed by atoms with Crippen molar-refractivity contribution in [3.63, 3.8) is 0 Å². The first kappa shape index (κ1) is 37.5. The molecule has 302 valence electrons. The van der Waals surface area contributed by atoms with Crippen LogP contribution in [0.1, 0.15) is 0 Å². The molecule has 65 heavy (non-hydrogen) atoms. The molecule has 0 nitrogen and oxygen atoms in total. The Balaban J connectivity index is 1.00. The van der Waals surface area contributed by atoms with Gasteiger partial charge in [0.15, 0.2) is 0 Å². The van der Waals surface area contributed by atoms with Crippen LogP contribution >= 0.6 is 7.53 Å². The van der Waals surface area contributed by atoms with Gasteiger partial charge in [0.2, 0.25) is 0 Å². The summed E-state index contributed by atoms with van der Waals surface area (Å²) in [6.45, 7) is 0. The highest BCUT2D eigenvalue weighted by molar-refractivity contribution is 7.67. The lowest BCUT2D eigenvalue weighted by atomic mass is 9.83. The summed E-state index contributed by atoms with van der Waals surface area (Å²) in [6, 6.07) is 92.5. The first-order chi connectivity index (χ1) is 32.3. The van der Waals surface area contributed by atoms with Gasteiger partial charge in [0, 0.05) is 10.2 Å². The topological polar surface area (TPSA) is 0 Å². The van der Waals surface area contributed by atoms with Crippen molar-refractivity contribution in [3.8, 4) is 60.9 Å². The largest absolute Gasteiger partial charge is 0.0772 e. The van der Waals surface area contributed by atoms with Gasteiger partial charge in [0.25, 0.3) is 0 Å². The van der Waals surface area contributed by atoms with Crippen LogP contribution in [-0.2, 0) is 0 Å². The van der Waals surface area contributed by atoms with E-state index >= 15 is 0 Å². The third-order valence-electron chi connectivity index (χ3n) is 13.6. The number of hydrogen-bond acceptors (Lipinski definition) is 0. The van der Waals surface area contributed by atoms with Crippen molar-refractivity contribution in [2.24, 2.45) is 0 Å². The molecule has 0 saturated heterocycles. The smallest absolute Gasteiger partial charge is 0.00687 e. The second-order valence-electron chi connectivity index (χ2n) is 17.1. The van der Waals surface area contributed by atoms with Crippen LogP contribution < -0.4 is 0 Å². The van der Waals surface area contributed by atoms with Gasteiger partial charge in [-0.15, -0.1) is 0 Å². The molecule has 0 N–H and O–H groups in total. The predicted octanol–water partition coefficient (Wildman–Crippen LogP) is 18.9. The molecule has 1 heteroatoms. The van der Waals surface area contributed by atoms with E-state index in [2.05, 4.69) is 249 Å². The standard InChI is InChI=1S/C64H41P/c1-4-18-42(19-5-1)46-36-38-56-58(40-46)63(43-20-6-2-7-21-43)53-28-13-10-25-50(53)62(56)45-34-32-44(33-35-45)61-51-26-11-14-29-54(51)64(55-30-15-12-27-52(55)61)47-37-39-60-57(41-47)49-24-16-17-31-59(49)65(60)48-22-8-3-9-23-48/h1-41H. The van der Waals surface area contributed by atoms with Gasteiger partial charge in [-0.2, -0.15) is 0 Å². The molecular weight excluding hydrogens is 800 g/mol.